The van der Waals surface area contributed by atoms with Crippen LogP contribution in [0, 0.1) is 0 Å². The van der Waals surface area contributed by atoms with Crippen molar-refractivity contribution in [3.05, 3.63) is 30.7 Å². The zero-order chi connectivity index (χ0) is 13.0. The van der Waals surface area contributed by atoms with Gasteiger partial charge in [0.2, 0.25) is 5.05 Å². The molecule has 1 aromatic heterocycles. The minimum atomic E-state index is -0.262. The fourth-order valence-corrected chi connectivity index (χ4v) is 1.71. The summed E-state index contributed by atoms with van der Waals surface area (Å²) in [5, 5.41) is 1.39. The molecule has 1 atom stereocenters. The van der Waals surface area contributed by atoms with Gasteiger partial charge in [-0.05, 0) is 44.3 Å². The number of thiocarbonyl (C=S) groups is 1. The molecule has 0 N–H and O–H groups in total. The smallest absolute Gasteiger partial charge is 0.200 e. The van der Waals surface area contributed by atoms with E-state index in [1.807, 2.05) is 32.0 Å². The van der Waals surface area contributed by atoms with E-state index in [-0.39, 0.29) is 6.10 Å². The first-order chi connectivity index (χ1) is 8.70. The van der Waals surface area contributed by atoms with Gasteiger partial charge in [0.05, 0.1) is 12.1 Å². The monoisotopic (exact) mass is 262 g/mol. The van der Waals surface area contributed by atoms with Crippen LogP contribution in [0.15, 0.2) is 30.7 Å². The van der Waals surface area contributed by atoms with Crippen molar-refractivity contribution >= 4 is 28.2 Å². The van der Waals surface area contributed by atoms with Crippen LogP contribution in [0.3, 0.4) is 0 Å². The van der Waals surface area contributed by atoms with E-state index in [4.69, 9.17) is 21.7 Å². The second kappa shape index (κ2) is 5.73. The molecule has 1 unspecified atom stereocenters. The lowest BCUT2D eigenvalue weighted by Crippen LogP contribution is -2.24. The number of benzene rings is 1. The fourth-order valence-electron chi connectivity index (χ4n) is 1.55. The molecule has 0 saturated carbocycles. The number of rotatable bonds is 4. The molecule has 94 valence electrons. The number of fused-ring (bicyclic) bond motifs is 1. The Morgan fingerprint density at radius 1 is 1.44 bits per heavy atom. The van der Waals surface area contributed by atoms with Crippen molar-refractivity contribution in [1.82, 2.24) is 9.97 Å². The van der Waals surface area contributed by atoms with Crippen LogP contribution < -0.4 is 4.74 Å². The van der Waals surface area contributed by atoms with Crippen molar-refractivity contribution in [2.45, 2.75) is 20.0 Å². The summed E-state index contributed by atoms with van der Waals surface area (Å²) in [5.74, 6) is 0.729. The lowest BCUT2D eigenvalue weighted by molar-refractivity contribution is 0.230. The molecular formula is C13H14N2O2S. The average Bonchev–Trinajstić information content (AvgIpc) is 2.39. The van der Waals surface area contributed by atoms with Crippen LogP contribution in [0.25, 0.3) is 10.9 Å². The third kappa shape index (κ3) is 2.92. The molecule has 0 aliphatic carbocycles. The van der Waals surface area contributed by atoms with Crippen molar-refractivity contribution in [3.8, 4) is 5.75 Å². The van der Waals surface area contributed by atoms with Gasteiger partial charge in [-0.2, -0.15) is 0 Å². The molecular weight excluding hydrogens is 248 g/mol. The Kier molecular flexibility index (Phi) is 4.04. The van der Waals surface area contributed by atoms with Crippen molar-refractivity contribution in [2.24, 2.45) is 0 Å². The molecule has 0 saturated heterocycles. The molecule has 4 nitrogen and oxygen atoms in total. The zero-order valence-electron chi connectivity index (χ0n) is 10.3. The maximum absolute atomic E-state index is 5.72. The molecule has 5 heteroatoms. The van der Waals surface area contributed by atoms with Crippen LogP contribution in [0.4, 0.5) is 0 Å². The molecule has 2 rings (SSSR count). The Balaban J connectivity index is 2.14. The minimum Gasteiger partial charge on any atom is -0.484 e. The Labute approximate surface area is 111 Å². The van der Waals surface area contributed by atoms with Crippen LogP contribution in [0.1, 0.15) is 13.8 Å². The fraction of sp³-hybridized carbons (Fsp3) is 0.308. The molecule has 0 bridgehead atoms. The van der Waals surface area contributed by atoms with E-state index >= 15 is 0 Å². The third-order valence-electron chi connectivity index (χ3n) is 2.41. The molecule has 0 aliphatic rings. The number of ether oxygens (including phenoxy) is 2. The summed E-state index contributed by atoms with van der Waals surface area (Å²) >= 11 is 5.10. The largest absolute Gasteiger partial charge is 0.484 e. The van der Waals surface area contributed by atoms with Gasteiger partial charge in [0.1, 0.15) is 12.1 Å². The highest BCUT2D eigenvalue weighted by Gasteiger charge is 2.11. The number of aromatic nitrogens is 2. The van der Waals surface area contributed by atoms with E-state index in [2.05, 4.69) is 9.97 Å². The Morgan fingerprint density at radius 3 is 3.06 bits per heavy atom. The van der Waals surface area contributed by atoms with Gasteiger partial charge >= 0.3 is 0 Å². The van der Waals surface area contributed by atoms with Gasteiger partial charge in [0.25, 0.3) is 0 Å². The van der Waals surface area contributed by atoms with Crippen molar-refractivity contribution in [2.75, 3.05) is 6.61 Å². The van der Waals surface area contributed by atoms with E-state index in [1.54, 1.807) is 6.20 Å². The predicted molar refractivity (Wildman–Crippen MR) is 73.9 cm³/mol. The third-order valence-corrected chi connectivity index (χ3v) is 2.86. The minimum absolute atomic E-state index is 0.262. The second-order valence-electron chi connectivity index (χ2n) is 3.76. The van der Waals surface area contributed by atoms with E-state index in [9.17, 15) is 0 Å². The predicted octanol–water partition coefficient (Wildman–Crippen LogP) is 2.76. The summed E-state index contributed by atoms with van der Waals surface area (Å²) in [6.45, 7) is 4.31. The van der Waals surface area contributed by atoms with Gasteiger partial charge in [-0.25, -0.2) is 9.97 Å². The number of hydrogen-bond acceptors (Lipinski definition) is 5. The molecule has 2 aromatic rings. The molecule has 1 heterocycles. The van der Waals surface area contributed by atoms with Crippen molar-refractivity contribution in [1.29, 1.82) is 0 Å². The van der Waals surface area contributed by atoms with Crippen molar-refractivity contribution < 1.29 is 9.47 Å². The van der Waals surface area contributed by atoms with Crippen molar-refractivity contribution in [3.63, 3.8) is 0 Å². The first kappa shape index (κ1) is 12.7. The molecule has 18 heavy (non-hydrogen) atoms. The van der Waals surface area contributed by atoms with Gasteiger partial charge in [0, 0.05) is 11.6 Å². The first-order valence-corrected chi connectivity index (χ1v) is 6.14. The number of hydrogen-bond donors (Lipinski definition) is 0. The highest BCUT2D eigenvalue weighted by Crippen LogP contribution is 2.19. The van der Waals surface area contributed by atoms with E-state index < -0.39 is 0 Å². The summed E-state index contributed by atoms with van der Waals surface area (Å²) in [5.41, 5.74) is 0.886. The van der Waals surface area contributed by atoms with Gasteiger partial charge < -0.3 is 9.47 Å². The highest BCUT2D eigenvalue weighted by molar-refractivity contribution is 7.80. The standard InChI is InChI=1S/C13H14N2O2S/c1-3-16-13(18)9(2)17-11-4-5-12-10(6-11)7-14-8-15-12/h4-9H,3H2,1-2H3. The SMILES string of the molecule is CCOC(=S)C(C)Oc1ccc2ncncc2c1. The quantitative estimate of drug-likeness (QED) is 0.793. The van der Waals surface area contributed by atoms with Gasteiger partial charge in [-0.1, -0.05) is 0 Å². The zero-order valence-corrected chi connectivity index (χ0v) is 11.1. The van der Waals surface area contributed by atoms with E-state index in [0.29, 0.717) is 11.7 Å². The van der Waals surface area contributed by atoms with Crippen LogP contribution in [0.2, 0.25) is 0 Å². The first-order valence-electron chi connectivity index (χ1n) is 5.73. The van der Waals surface area contributed by atoms with Crippen LogP contribution in [0.5, 0.6) is 5.75 Å². The lowest BCUT2D eigenvalue weighted by Gasteiger charge is -2.15. The normalized spacial score (nSPS) is 12.1. The van der Waals surface area contributed by atoms with E-state index in [0.717, 1.165) is 16.7 Å². The maximum Gasteiger partial charge on any atom is 0.200 e. The Bertz CT molecular complexity index is 559. The van der Waals surface area contributed by atoms with Crippen LogP contribution in [-0.2, 0) is 4.74 Å². The van der Waals surface area contributed by atoms with Gasteiger partial charge in [0.15, 0.2) is 6.10 Å². The Hall–Kier alpha value is -1.75. The summed E-state index contributed by atoms with van der Waals surface area (Å²) in [7, 11) is 0. The summed E-state index contributed by atoms with van der Waals surface area (Å²) < 4.78 is 11.0. The molecule has 0 spiro atoms. The molecule has 0 amide bonds. The number of nitrogens with zero attached hydrogens (tertiary/aromatic N) is 2. The molecule has 1 aromatic carbocycles. The molecule has 0 fully saturated rings. The average molecular weight is 262 g/mol. The van der Waals surface area contributed by atoms with Gasteiger partial charge in [-0.15, -0.1) is 0 Å². The lowest BCUT2D eigenvalue weighted by atomic mass is 10.2. The van der Waals surface area contributed by atoms with Gasteiger partial charge in [-0.3, -0.25) is 0 Å². The van der Waals surface area contributed by atoms with Crippen LogP contribution in [-0.4, -0.2) is 27.7 Å². The van der Waals surface area contributed by atoms with E-state index in [1.165, 1.54) is 6.33 Å². The highest BCUT2D eigenvalue weighted by atomic mass is 32.1. The maximum atomic E-state index is 5.72. The molecule has 0 aliphatic heterocycles. The summed E-state index contributed by atoms with van der Waals surface area (Å²) in [4.78, 5) is 8.13. The van der Waals surface area contributed by atoms with Crippen LogP contribution >= 0.6 is 12.2 Å². The second-order valence-corrected chi connectivity index (χ2v) is 4.16. The topological polar surface area (TPSA) is 44.2 Å². The summed E-state index contributed by atoms with van der Waals surface area (Å²) in [6.07, 6.45) is 3.01. The Morgan fingerprint density at radius 2 is 2.28 bits per heavy atom. The molecule has 0 radical (unpaired) electrons. The summed E-state index contributed by atoms with van der Waals surface area (Å²) in [6, 6.07) is 5.64.